The highest BCUT2D eigenvalue weighted by Gasteiger charge is 2.45. The number of carbonyl (C=O) groups is 1. The molecule has 104 valence electrons. The van der Waals surface area contributed by atoms with Crippen molar-refractivity contribution in [3.05, 3.63) is 35.4 Å². The third-order valence-electron chi connectivity index (χ3n) is 4.51. The topological polar surface area (TPSA) is 47.3 Å². The Hall–Kier alpha value is -1.86. The van der Waals surface area contributed by atoms with Crippen LogP contribution in [0.3, 0.4) is 0 Å². The molecule has 0 aliphatic carbocycles. The first-order valence-electron chi connectivity index (χ1n) is 7.25. The average molecular weight is 269 g/mol. The zero-order valence-electron chi connectivity index (χ0n) is 11.7. The van der Waals surface area contributed by atoms with E-state index in [0.29, 0.717) is 24.1 Å². The van der Waals surface area contributed by atoms with E-state index in [1.54, 1.807) is 0 Å². The summed E-state index contributed by atoms with van der Waals surface area (Å²) in [6.45, 7) is 4.74. The lowest BCUT2D eigenvalue weighted by Crippen LogP contribution is -2.36. The second-order valence-electron chi connectivity index (χ2n) is 5.59. The van der Waals surface area contributed by atoms with Crippen LogP contribution in [0.4, 0.5) is 0 Å². The lowest BCUT2D eigenvalue weighted by atomic mass is 10.1. The Morgan fingerprint density at radius 2 is 2.25 bits per heavy atom. The van der Waals surface area contributed by atoms with Crippen molar-refractivity contribution in [3.8, 4) is 6.07 Å². The standard InChI is InChI=1S/C16H19N3O/c1-2-19-14-6-7-18(15(14)9-16(19)20)11-13-5-3-4-12(8-13)10-17/h3-5,8,14-15H,2,6-7,9,11H2,1H3/t14-,15+/m1/s1. The van der Waals surface area contributed by atoms with Crippen molar-refractivity contribution >= 4 is 5.91 Å². The molecule has 1 amide bonds. The van der Waals surface area contributed by atoms with Crippen molar-refractivity contribution in [1.82, 2.24) is 9.80 Å². The van der Waals surface area contributed by atoms with Gasteiger partial charge in [-0.1, -0.05) is 12.1 Å². The third kappa shape index (κ3) is 2.19. The summed E-state index contributed by atoms with van der Waals surface area (Å²) < 4.78 is 0. The summed E-state index contributed by atoms with van der Waals surface area (Å²) >= 11 is 0. The van der Waals surface area contributed by atoms with Crippen LogP contribution >= 0.6 is 0 Å². The highest BCUT2D eigenvalue weighted by Crippen LogP contribution is 2.33. The minimum atomic E-state index is 0.290. The molecule has 20 heavy (non-hydrogen) atoms. The highest BCUT2D eigenvalue weighted by atomic mass is 16.2. The predicted octanol–water partition coefficient (Wildman–Crippen LogP) is 1.75. The molecule has 0 saturated carbocycles. The van der Waals surface area contributed by atoms with Gasteiger partial charge < -0.3 is 4.90 Å². The SMILES string of the molecule is CCN1C(=O)C[C@H]2[C@H]1CCN2Cc1cccc(C#N)c1. The second-order valence-corrected chi connectivity index (χ2v) is 5.59. The summed E-state index contributed by atoms with van der Waals surface area (Å²) in [7, 11) is 0. The van der Waals surface area contributed by atoms with E-state index in [2.05, 4.69) is 24.0 Å². The molecule has 2 atom stereocenters. The van der Waals surface area contributed by atoms with Gasteiger partial charge in [0.15, 0.2) is 0 Å². The predicted molar refractivity (Wildman–Crippen MR) is 75.8 cm³/mol. The van der Waals surface area contributed by atoms with Crippen molar-refractivity contribution in [3.63, 3.8) is 0 Å². The van der Waals surface area contributed by atoms with Gasteiger partial charge in [-0.25, -0.2) is 0 Å². The monoisotopic (exact) mass is 269 g/mol. The Labute approximate surface area is 119 Å². The molecule has 0 spiro atoms. The first-order chi connectivity index (χ1) is 9.72. The molecule has 0 radical (unpaired) electrons. The fourth-order valence-electron chi connectivity index (χ4n) is 3.59. The van der Waals surface area contributed by atoms with E-state index in [-0.39, 0.29) is 5.91 Å². The lowest BCUT2D eigenvalue weighted by Gasteiger charge is -2.24. The molecular formula is C16H19N3O. The minimum absolute atomic E-state index is 0.290. The molecule has 2 heterocycles. The number of likely N-dealkylation sites (N-methyl/N-ethyl adjacent to an activating group) is 1. The summed E-state index contributed by atoms with van der Waals surface area (Å²) in [6.07, 6.45) is 1.72. The molecule has 3 rings (SSSR count). The number of fused-ring (bicyclic) bond motifs is 1. The first-order valence-corrected chi connectivity index (χ1v) is 7.25. The van der Waals surface area contributed by atoms with E-state index in [0.717, 1.165) is 31.6 Å². The van der Waals surface area contributed by atoms with Gasteiger partial charge >= 0.3 is 0 Å². The Morgan fingerprint density at radius 1 is 1.40 bits per heavy atom. The van der Waals surface area contributed by atoms with Crippen LogP contribution in [0.5, 0.6) is 0 Å². The van der Waals surface area contributed by atoms with Crippen LogP contribution in [0.2, 0.25) is 0 Å². The number of nitrogens with zero attached hydrogens (tertiary/aromatic N) is 3. The fraction of sp³-hybridized carbons (Fsp3) is 0.500. The molecule has 2 fully saturated rings. The molecule has 0 unspecified atom stereocenters. The van der Waals surface area contributed by atoms with Crippen LogP contribution in [0.1, 0.15) is 30.9 Å². The van der Waals surface area contributed by atoms with Crippen LogP contribution in [0.25, 0.3) is 0 Å². The van der Waals surface area contributed by atoms with Crippen molar-refractivity contribution in [2.24, 2.45) is 0 Å². The van der Waals surface area contributed by atoms with E-state index < -0.39 is 0 Å². The number of hydrogen-bond donors (Lipinski definition) is 0. The number of amides is 1. The normalized spacial score (nSPS) is 25.8. The highest BCUT2D eigenvalue weighted by molar-refractivity contribution is 5.80. The molecule has 4 heteroatoms. The quantitative estimate of drug-likeness (QED) is 0.840. The molecule has 2 aliphatic rings. The van der Waals surface area contributed by atoms with Gasteiger partial charge in [0, 0.05) is 38.1 Å². The van der Waals surface area contributed by atoms with Crippen LogP contribution in [0.15, 0.2) is 24.3 Å². The Balaban J connectivity index is 1.73. The number of carbonyl (C=O) groups excluding carboxylic acids is 1. The Morgan fingerprint density at radius 3 is 3.00 bits per heavy atom. The summed E-state index contributed by atoms with van der Waals surface area (Å²) in [4.78, 5) is 16.4. The summed E-state index contributed by atoms with van der Waals surface area (Å²) in [5.41, 5.74) is 1.86. The first kappa shape index (κ1) is 13.1. The molecule has 2 aliphatic heterocycles. The number of benzene rings is 1. The fourth-order valence-corrected chi connectivity index (χ4v) is 3.59. The van der Waals surface area contributed by atoms with E-state index in [1.165, 1.54) is 0 Å². The van der Waals surface area contributed by atoms with Gasteiger partial charge in [-0.2, -0.15) is 5.26 Å². The zero-order chi connectivity index (χ0) is 14.1. The number of nitriles is 1. The molecule has 0 N–H and O–H groups in total. The molecule has 0 bridgehead atoms. The third-order valence-corrected chi connectivity index (χ3v) is 4.51. The maximum absolute atomic E-state index is 12.0. The molecule has 1 aromatic carbocycles. The maximum atomic E-state index is 12.0. The van der Waals surface area contributed by atoms with Gasteiger partial charge in [0.05, 0.1) is 11.6 Å². The van der Waals surface area contributed by atoms with Crippen LogP contribution in [-0.4, -0.2) is 40.9 Å². The Bertz CT molecular complexity index is 563. The molecular weight excluding hydrogens is 250 g/mol. The molecule has 2 saturated heterocycles. The number of likely N-dealkylation sites (tertiary alicyclic amines) is 2. The summed E-state index contributed by atoms with van der Waals surface area (Å²) in [6, 6.07) is 10.7. The summed E-state index contributed by atoms with van der Waals surface area (Å²) in [5, 5.41) is 8.96. The average Bonchev–Trinajstić information content (AvgIpc) is 2.98. The van der Waals surface area contributed by atoms with Gasteiger partial charge in [-0.05, 0) is 31.0 Å². The van der Waals surface area contributed by atoms with E-state index in [1.807, 2.05) is 23.1 Å². The van der Waals surface area contributed by atoms with E-state index in [9.17, 15) is 4.79 Å². The van der Waals surface area contributed by atoms with Crippen LogP contribution in [0, 0.1) is 11.3 Å². The summed E-state index contributed by atoms with van der Waals surface area (Å²) in [5.74, 6) is 0.290. The second kappa shape index (κ2) is 5.26. The van der Waals surface area contributed by atoms with Gasteiger partial charge in [-0.3, -0.25) is 9.69 Å². The largest absolute Gasteiger partial charge is 0.338 e. The molecule has 1 aromatic rings. The molecule has 4 nitrogen and oxygen atoms in total. The Kier molecular flexibility index (Phi) is 3.45. The van der Waals surface area contributed by atoms with Gasteiger partial charge in [0.2, 0.25) is 5.91 Å². The van der Waals surface area contributed by atoms with Crippen molar-refractivity contribution in [2.75, 3.05) is 13.1 Å². The number of rotatable bonds is 3. The van der Waals surface area contributed by atoms with E-state index in [4.69, 9.17) is 5.26 Å². The number of hydrogen-bond acceptors (Lipinski definition) is 3. The van der Waals surface area contributed by atoms with Crippen molar-refractivity contribution in [1.29, 1.82) is 5.26 Å². The van der Waals surface area contributed by atoms with Gasteiger partial charge in [0.25, 0.3) is 0 Å². The lowest BCUT2D eigenvalue weighted by molar-refractivity contribution is -0.128. The van der Waals surface area contributed by atoms with Gasteiger partial charge in [-0.15, -0.1) is 0 Å². The molecule has 0 aromatic heterocycles. The van der Waals surface area contributed by atoms with Crippen molar-refractivity contribution in [2.45, 2.75) is 38.4 Å². The smallest absolute Gasteiger partial charge is 0.224 e. The maximum Gasteiger partial charge on any atom is 0.224 e. The van der Waals surface area contributed by atoms with Crippen molar-refractivity contribution < 1.29 is 4.79 Å². The van der Waals surface area contributed by atoms with Crippen LogP contribution < -0.4 is 0 Å². The minimum Gasteiger partial charge on any atom is -0.338 e. The van der Waals surface area contributed by atoms with Gasteiger partial charge in [0.1, 0.15) is 0 Å². The zero-order valence-corrected chi connectivity index (χ0v) is 11.7. The van der Waals surface area contributed by atoms with Crippen LogP contribution in [-0.2, 0) is 11.3 Å². The van der Waals surface area contributed by atoms with E-state index >= 15 is 0 Å².